The van der Waals surface area contributed by atoms with Gasteiger partial charge in [-0.15, -0.1) is 0 Å². The lowest BCUT2D eigenvalue weighted by Crippen LogP contribution is -2.57. The summed E-state index contributed by atoms with van der Waals surface area (Å²) in [6.45, 7) is 5.24. The summed E-state index contributed by atoms with van der Waals surface area (Å²) in [6, 6.07) is 27.0. The number of carbonyl (C=O) groups is 1. The van der Waals surface area contributed by atoms with E-state index in [1.807, 2.05) is 60.7 Å². The zero-order valence-electron chi connectivity index (χ0n) is 22.6. The molecule has 3 aromatic carbocycles. The van der Waals surface area contributed by atoms with Gasteiger partial charge < -0.3 is 18.9 Å². The van der Waals surface area contributed by atoms with Crippen molar-refractivity contribution in [3.05, 3.63) is 108 Å². The van der Waals surface area contributed by atoms with Gasteiger partial charge in [0.25, 0.3) is 0 Å². The molecule has 0 saturated carbocycles. The van der Waals surface area contributed by atoms with Crippen molar-refractivity contribution in [3.63, 3.8) is 0 Å². The van der Waals surface area contributed by atoms with Gasteiger partial charge >= 0.3 is 13.8 Å². The Morgan fingerprint density at radius 3 is 1.85 bits per heavy atom. The molecule has 0 aliphatic carbocycles. The zero-order chi connectivity index (χ0) is 28.2. The van der Waals surface area contributed by atoms with E-state index in [2.05, 4.69) is 0 Å². The van der Waals surface area contributed by atoms with Crippen molar-refractivity contribution in [2.45, 2.75) is 70.5 Å². The fraction of sp³-hybridized carbons (Fsp3) is 0.367. The van der Waals surface area contributed by atoms with Gasteiger partial charge in [0, 0.05) is 0 Å². The van der Waals surface area contributed by atoms with E-state index in [1.165, 1.54) is 0 Å². The van der Waals surface area contributed by atoms with Crippen LogP contribution >= 0.6 is 7.82 Å². The van der Waals surface area contributed by atoms with Crippen LogP contribution in [0.4, 0.5) is 0 Å². The van der Waals surface area contributed by atoms with Crippen LogP contribution in [0.3, 0.4) is 0 Å². The number of carbonyl (C=O) groups excluding carboxylic acids is 1. The number of phosphoric ester groups is 1. The average molecular weight is 569 g/mol. The molecule has 2 heterocycles. The molecule has 10 heteroatoms. The number of fused-ring (bicyclic) bond motifs is 1. The number of esters is 1. The van der Waals surface area contributed by atoms with E-state index in [0.29, 0.717) is 5.56 Å². The van der Waals surface area contributed by atoms with E-state index in [0.717, 1.165) is 11.1 Å². The molecule has 9 nitrogen and oxygen atoms in total. The SMILES string of the molecule is C[C@H]1O[C@@H](OP(=O)(OCc2ccccc2)OCc2ccccc2)[C@H](OC(=O)c2ccccc2)[C@H]2OC(C)(C)O[C@H]21. The molecule has 0 radical (unpaired) electrons. The molecule has 0 amide bonds. The summed E-state index contributed by atoms with van der Waals surface area (Å²) in [5, 5.41) is 0. The minimum atomic E-state index is -4.28. The monoisotopic (exact) mass is 568 g/mol. The maximum absolute atomic E-state index is 14.1. The molecule has 0 aromatic heterocycles. The highest BCUT2D eigenvalue weighted by atomic mass is 31.2. The van der Waals surface area contributed by atoms with Crippen LogP contribution in [0.15, 0.2) is 91.0 Å². The first-order valence-electron chi connectivity index (χ1n) is 13.1. The Hall–Kier alpha value is -2.88. The van der Waals surface area contributed by atoms with Gasteiger partial charge in [0.2, 0.25) is 6.29 Å². The predicted octanol–water partition coefficient (Wildman–Crippen LogP) is 6.04. The van der Waals surface area contributed by atoms with Crippen LogP contribution in [-0.4, -0.2) is 42.5 Å². The van der Waals surface area contributed by atoms with Crippen molar-refractivity contribution < 1.29 is 41.9 Å². The first kappa shape index (κ1) is 28.6. The Labute approximate surface area is 233 Å². The highest BCUT2D eigenvalue weighted by Gasteiger charge is 2.57. The van der Waals surface area contributed by atoms with Crippen LogP contribution in [0.1, 0.15) is 42.3 Å². The molecular weight excluding hydrogens is 535 g/mol. The molecule has 212 valence electrons. The summed E-state index contributed by atoms with van der Waals surface area (Å²) in [4.78, 5) is 13.1. The average Bonchev–Trinajstić information content (AvgIpc) is 3.30. The van der Waals surface area contributed by atoms with Crippen molar-refractivity contribution in [1.29, 1.82) is 0 Å². The fourth-order valence-electron chi connectivity index (χ4n) is 4.61. The summed E-state index contributed by atoms with van der Waals surface area (Å²) < 4.78 is 55.8. The predicted molar refractivity (Wildman–Crippen MR) is 145 cm³/mol. The topological polar surface area (TPSA) is 98.8 Å². The maximum atomic E-state index is 14.1. The first-order valence-corrected chi connectivity index (χ1v) is 14.6. The molecule has 0 spiro atoms. The Morgan fingerprint density at radius 1 is 0.800 bits per heavy atom. The van der Waals surface area contributed by atoms with Crippen molar-refractivity contribution in [2.75, 3.05) is 0 Å². The first-order chi connectivity index (χ1) is 19.2. The highest BCUT2D eigenvalue weighted by Crippen LogP contribution is 2.54. The van der Waals surface area contributed by atoms with Gasteiger partial charge in [0.1, 0.15) is 12.2 Å². The zero-order valence-corrected chi connectivity index (χ0v) is 23.5. The summed E-state index contributed by atoms with van der Waals surface area (Å²) >= 11 is 0. The molecule has 0 bridgehead atoms. The molecular formula is C30H33O9P. The molecule has 0 unspecified atom stereocenters. The van der Waals surface area contributed by atoms with Crippen LogP contribution in [-0.2, 0) is 50.3 Å². The van der Waals surface area contributed by atoms with Crippen LogP contribution in [0, 0.1) is 0 Å². The second-order valence-corrected chi connectivity index (χ2v) is 11.7. The number of hydrogen-bond acceptors (Lipinski definition) is 9. The van der Waals surface area contributed by atoms with E-state index >= 15 is 0 Å². The van der Waals surface area contributed by atoms with Crippen molar-refractivity contribution in [1.82, 2.24) is 0 Å². The third-order valence-electron chi connectivity index (χ3n) is 6.52. The van der Waals surface area contributed by atoms with Gasteiger partial charge in [0.15, 0.2) is 11.9 Å². The standard InChI is InChI=1S/C30H33O9P/c1-21-25-26(38-30(2,3)37-25)27(36-28(31)24-17-11-6-12-18-24)29(35-21)39-40(32,33-19-22-13-7-4-8-14-22)34-20-23-15-9-5-10-16-23/h4-18,21,25-27,29H,19-20H2,1-3H3/t21-,25+,26+,27-,29+/m1/s1. The van der Waals surface area contributed by atoms with Gasteiger partial charge in [-0.3, -0.25) is 13.6 Å². The van der Waals surface area contributed by atoms with E-state index in [-0.39, 0.29) is 13.2 Å². The molecule has 3 aromatic rings. The van der Waals surface area contributed by atoms with E-state index in [4.69, 9.17) is 32.5 Å². The van der Waals surface area contributed by atoms with Gasteiger partial charge in [-0.05, 0) is 44.0 Å². The maximum Gasteiger partial charge on any atom is 0.477 e. The number of rotatable bonds is 10. The third-order valence-corrected chi connectivity index (χ3v) is 7.87. The van der Waals surface area contributed by atoms with Gasteiger partial charge in [-0.2, -0.15) is 0 Å². The van der Waals surface area contributed by atoms with E-state index < -0.39 is 50.3 Å². The fourth-order valence-corrected chi connectivity index (χ4v) is 5.84. The van der Waals surface area contributed by atoms with Crippen LogP contribution in [0.25, 0.3) is 0 Å². The number of ether oxygens (including phenoxy) is 4. The minimum Gasteiger partial charge on any atom is -0.450 e. The van der Waals surface area contributed by atoms with Crippen LogP contribution in [0.5, 0.6) is 0 Å². The Bertz CT molecular complexity index is 1260. The quantitative estimate of drug-likeness (QED) is 0.214. The summed E-state index contributed by atoms with van der Waals surface area (Å²) in [5.41, 5.74) is 1.88. The second kappa shape index (κ2) is 12.3. The highest BCUT2D eigenvalue weighted by molar-refractivity contribution is 7.48. The van der Waals surface area contributed by atoms with Crippen molar-refractivity contribution in [3.8, 4) is 0 Å². The summed E-state index contributed by atoms with van der Waals surface area (Å²) in [7, 11) is -4.28. The molecule has 0 N–H and O–H groups in total. The van der Waals surface area contributed by atoms with Gasteiger partial charge in [-0.25, -0.2) is 9.36 Å². The molecule has 40 heavy (non-hydrogen) atoms. The van der Waals surface area contributed by atoms with Crippen molar-refractivity contribution >= 4 is 13.8 Å². The Kier molecular flexibility index (Phi) is 8.83. The summed E-state index contributed by atoms with van der Waals surface area (Å²) in [5.74, 6) is -1.58. The lowest BCUT2D eigenvalue weighted by molar-refractivity contribution is -0.249. The third kappa shape index (κ3) is 7.06. The largest absolute Gasteiger partial charge is 0.477 e. The number of benzene rings is 3. The second-order valence-electron chi connectivity index (χ2n) is 10.1. The van der Waals surface area contributed by atoms with E-state index in [1.54, 1.807) is 51.1 Å². The normalized spacial score (nSPS) is 25.7. The molecule has 2 fully saturated rings. The van der Waals surface area contributed by atoms with Gasteiger partial charge in [0.05, 0.1) is 24.9 Å². The Balaban J connectivity index is 1.41. The molecule has 5 atom stereocenters. The van der Waals surface area contributed by atoms with E-state index in [9.17, 15) is 9.36 Å². The lowest BCUT2D eigenvalue weighted by atomic mass is 10.00. The van der Waals surface area contributed by atoms with Crippen LogP contribution in [0.2, 0.25) is 0 Å². The molecule has 2 saturated heterocycles. The lowest BCUT2D eigenvalue weighted by Gasteiger charge is -2.40. The molecule has 5 rings (SSSR count). The van der Waals surface area contributed by atoms with Crippen LogP contribution < -0.4 is 0 Å². The van der Waals surface area contributed by atoms with Crippen molar-refractivity contribution in [2.24, 2.45) is 0 Å². The Morgan fingerprint density at radius 2 is 1.30 bits per heavy atom. The molecule has 2 aliphatic rings. The van der Waals surface area contributed by atoms with Gasteiger partial charge in [-0.1, -0.05) is 78.9 Å². The summed E-state index contributed by atoms with van der Waals surface area (Å²) in [6.07, 6.45) is -4.32. The smallest absolute Gasteiger partial charge is 0.450 e. The molecule has 2 aliphatic heterocycles. The number of hydrogen-bond donors (Lipinski definition) is 0. The minimum absolute atomic E-state index is 0.0393. The number of phosphoric acid groups is 1.